The fourth-order valence-electron chi connectivity index (χ4n) is 6.36. The maximum Gasteiger partial charge on any atom is 0.310 e. The van der Waals surface area contributed by atoms with Crippen molar-refractivity contribution in [2.45, 2.75) is 50.7 Å². The molecule has 4 heterocycles. The molecule has 12 heteroatoms. The van der Waals surface area contributed by atoms with Gasteiger partial charge >= 0.3 is 5.97 Å². The second-order valence-electron chi connectivity index (χ2n) is 11.9. The number of methoxy groups -OCH3 is 1. The number of aromatic nitrogens is 2. The molecule has 2 amide bonds. The largest absolute Gasteiger partial charge is 0.495 e. The van der Waals surface area contributed by atoms with E-state index in [1.807, 2.05) is 23.6 Å². The predicted octanol–water partition coefficient (Wildman–Crippen LogP) is 5.69. The summed E-state index contributed by atoms with van der Waals surface area (Å²) in [5.74, 6) is -0.753. The summed E-state index contributed by atoms with van der Waals surface area (Å²) in [5, 5.41) is 13.6. The number of likely N-dealkylation sites (N-methyl/N-ethyl adjacent to an activating group) is 1. The van der Waals surface area contributed by atoms with Gasteiger partial charge in [-0.25, -0.2) is 9.97 Å². The molecule has 0 radical (unpaired) electrons. The molecule has 2 fully saturated rings. The Morgan fingerprint density at radius 2 is 2.07 bits per heavy atom. The number of carboxylic acids is 1. The average molecular weight is 651 g/mol. The topological polar surface area (TPSA) is 122 Å². The molecule has 1 N–H and O–H groups in total. The highest BCUT2D eigenvalue weighted by atomic mass is 35.5. The minimum absolute atomic E-state index is 0.139. The molecule has 6 rings (SSSR count). The van der Waals surface area contributed by atoms with Crippen molar-refractivity contribution in [2.75, 3.05) is 27.2 Å². The van der Waals surface area contributed by atoms with Crippen LogP contribution in [0.15, 0.2) is 42.3 Å². The van der Waals surface area contributed by atoms with E-state index in [9.17, 15) is 19.5 Å². The molecule has 1 saturated carbocycles. The minimum atomic E-state index is -1.14. The summed E-state index contributed by atoms with van der Waals surface area (Å²) in [6, 6.07) is 4.58. The number of nitrogens with zero attached hydrogens (tertiary/aromatic N) is 4. The number of hydrogen-bond acceptors (Lipinski definition) is 8. The Bertz CT molecular complexity index is 1710. The Kier molecular flexibility index (Phi) is 8.58. The van der Waals surface area contributed by atoms with E-state index in [-0.39, 0.29) is 37.1 Å². The van der Waals surface area contributed by atoms with Gasteiger partial charge in [-0.2, -0.15) is 0 Å². The van der Waals surface area contributed by atoms with Gasteiger partial charge in [0.25, 0.3) is 0 Å². The zero-order valence-electron chi connectivity index (χ0n) is 25.2. The summed E-state index contributed by atoms with van der Waals surface area (Å²) in [6.07, 6.45) is 8.09. The first kappa shape index (κ1) is 31.0. The van der Waals surface area contributed by atoms with Gasteiger partial charge in [0.2, 0.25) is 11.8 Å². The number of benzene rings is 1. The molecule has 0 unspecified atom stereocenters. The Balaban J connectivity index is 1.35. The van der Waals surface area contributed by atoms with E-state index in [1.54, 1.807) is 30.2 Å². The van der Waals surface area contributed by atoms with Gasteiger partial charge in [0.15, 0.2) is 0 Å². The zero-order valence-corrected chi connectivity index (χ0v) is 26.8. The van der Waals surface area contributed by atoms with Crippen LogP contribution >= 0.6 is 22.9 Å². The standard InChI is InChI=1S/C33H35ClN4O6S/c1-4-20-18-45-30(35-20)23-14-26(22-10-11-25(43-3)28(34)29(22)36-23)44-21-13-24-31(40)37(2)12-8-6-5-7-9-19-15-33(19,32(41)42)16-27(39)38(24)17-21/h4,7,9-11,14,18-19,21,24H,1,5-6,8,12-13,15-17H2,2-3H3,(H,41,42)/b9-7-/t19-,21+,24+,33-/m1/s1. The molecule has 1 saturated heterocycles. The fourth-order valence-corrected chi connectivity index (χ4v) is 7.41. The number of halogens is 1. The molecule has 45 heavy (non-hydrogen) atoms. The lowest BCUT2D eigenvalue weighted by atomic mass is 9.97. The second kappa shape index (κ2) is 12.4. The Labute approximate surface area is 270 Å². The Morgan fingerprint density at radius 1 is 1.24 bits per heavy atom. The molecule has 236 valence electrons. The number of allylic oxidation sites excluding steroid dienone is 2. The number of carbonyl (C=O) groups excluding carboxylic acids is 2. The first-order chi connectivity index (χ1) is 21.6. The molecule has 2 aromatic heterocycles. The number of amides is 2. The van der Waals surface area contributed by atoms with Crippen molar-refractivity contribution >= 4 is 57.7 Å². The lowest BCUT2D eigenvalue weighted by Crippen LogP contribution is -2.47. The lowest BCUT2D eigenvalue weighted by molar-refractivity contribution is -0.150. The van der Waals surface area contributed by atoms with E-state index < -0.39 is 23.5 Å². The SMILES string of the molecule is C=Cc1csc(-c2cc(O[C@H]3C[C@H]4C(=O)N(C)CCCC/C=C\[C@@H]5C[C@@]5(C(=O)O)CC(=O)N4C3)c3ccc(OC)c(Cl)c3n2)n1. The van der Waals surface area contributed by atoms with Crippen LogP contribution in [0.2, 0.25) is 5.02 Å². The van der Waals surface area contributed by atoms with Crippen molar-refractivity contribution in [3.63, 3.8) is 0 Å². The first-order valence-electron chi connectivity index (χ1n) is 15.0. The molecule has 1 aliphatic carbocycles. The highest BCUT2D eigenvalue weighted by molar-refractivity contribution is 7.13. The van der Waals surface area contributed by atoms with Gasteiger partial charge in [0.1, 0.15) is 39.4 Å². The Hall–Kier alpha value is -3.96. The van der Waals surface area contributed by atoms with E-state index in [2.05, 4.69) is 11.6 Å². The smallest absolute Gasteiger partial charge is 0.310 e. The number of pyridine rings is 1. The number of fused-ring (bicyclic) bond motifs is 3. The van der Waals surface area contributed by atoms with E-state index >= 15 is 0 Å². The van der Waals surface area contributed by atoms with Crippen LogP contribution in [0.5, 0.6) is 11.5 Å². The van der Waals surface area contributed by atoms with Gasteiger partial charge in [-0.3, -0.25) is 14.4 Å². The number of carboxylic acid groups (broad SMARTS) is 1. The maximum absolute atomic E-state index is 13.8. The average Bonchev–Trinajstić information content (AvgIpc) is 3.33. The first-order valence-corrected chi connectivity index (χ1v) is 16.3. The third-order valence-electron chi connectivity index (χ3n) is 9.06. The summed E-state index contributed by atoms with van der Waals surface area (Å²) < 4.78 is 12.0. The number of carbonyl (C=O) groups is 3. The molecular formula is C33H35ClN4O6S. The molecule has 3 aromatic rings. The molecule has 2 aliphatic heterocycles. The molecule has 4 atom stereocenters. The zero-order chi connectivity index (χ0) is 31.9. The van der Waals surface area contributed by atoms with Gasteiger partial charge in [-0.1, -0.05) is 30.3 Å². The van der Waals surface area contributed by atoms with Crippen molar-refractivity contribution in [1.82, 2.24) is 19.8 Å². The van der Waals surface area contributed by atoms with Crippen molar-refractivity contribution < 1.29 is 29.0 Å². The van der Waals surface area contributed by atoms with Crippen LogP contribution in [0.1, 0.15) is 44.2 Å². The van der Waals surface area contributed by atoms with Crippen LogP contribution in [0, 0.1) is 11.3 Å². The summed E-state index contributed by atoms with van der Waals surface area (Å²) in [7, 11) is 3.28. The summed E-state index contributed by atoms with van der Waals surface area (Å²) in [6.45, 7) is 4.50. The van der Waals surface area contributed by atoms with Crippen LogP contribution in [0.3, 0.4) is 0 Å². The molecule has 0 spiro atoms. The van der Waals surface area contributed by atoms with Gasteiger partial charge in [-0.15, -0.1) is 11.3 Å². The van der Waals surface area contributed by atoms with Crippen LogP contribution in [0.4, 0.5) is 0 Å². The summed E-state index contributed by atoms with van der Waals surface area (Å²) >= 11 is 8.13. The van der Waals surface area contributed by atoms with Crippen LogP contribution in [0.25, 0.3) is 27.7 Å². The van der Waals surface area contributed by atoms with Crippen molar-refractivity contribution in [3.8, 4) is 22.2 Å². The van der Waals surface area contributed by atoms with Gasteiger partial charge in [0, 0.05) is 43.3 Å². The second-order valence-corrected chi connectivity index (χ2v) is 13.2. The molecular weight excluding hydrogens is 616 g/mol. The van der Waals surface area contributed by atoms with Gasteiger partial charge < -0.3 is 24.4 Å². The monoisotopic (exact) mass is 650 g/mol. The van der Waals surface area contributed by atoms with E-state index in [0.717, 1.165) is 25.0 Å². The number of hydrogen-bond donors (Lipinski definition) is 1. The van der Waals surface area contributed by atoms with Crippen molar-refractivity contribution in [3.05, 3.63) is 53.0 Å². The highest BCUT2D eigenvalue weighted by Gasteiger charge is 2.61. The summed E-state index contributed by atoms with van der Waals surface area (Å²) in [5.41, 5.74) is 0.597. The lowest BCUT2D eigenvalue weighted by Gasteiger charge is -2.28. The number of thiazole rings is 1. The highest BCUT2D eigenvalue weighted by Crippen LogP contribution is 2.57. The maximum atomic E-state index is 13.8. The molecule has 3 aliphatic rings. The Morgan fingerprint density at radius 3 is 2.80 bits per heavy atom. The number of rotatable bonds is 6. The fraction of sp³-hybridized carbons (Fsp3) is 0.424. The third-order valence-corrected chi connectivity index (χ3v) is 10.3. The van der Waals surface area contributed by atoms with Crippen molar-refractivity contribution in [2.24, 2.45) is 11.3 Å². The predicted molar refractivity (Wildman–Crippen MR) is 172 cm³/mol. The van der Waals surface area contributed by atoms with Crippen LogP contribution in [-0.4, -0.2) is 82.1 Å². The third kappa shape index (κ3) is 5.91. The summed E-state index contributed by atoms with van der Waals surface area (Å²) in [4.78, 5) is 52.5. The van der Waals surface area contributed by atoms with E-state index in [4.69, 9.17) is 26.1 Å². The van der Waals surface area contributed by atoms with Gasteiger partial charge in [0.05, 0.1) is 30.3 Å². The minimum Gasteiger partial charge on any atom is -0.495 e. The number of aliphatic carboxylic acids is 1. The van der Waals surface area contributed by atoms with Gasteiger partial charge in [-0.05, 0) is 49.8 Å². The quantitative estimate of drug-likeness (QED) is 0.338. The van der Waals surface area contributed by atoms with Crippen molar-refractivity contribution in [1.29, 1.82) is 0 Å². The number of ether oxygens (including phenoxy) is 2. The van der Waals surface area contributed by atoms with Crippen LogP contribution < -0.4 is 9.47 Å². The van der Waals surface area contributed by atoms with Crippen LogP contribution in [-0.2, 0) is 14.4 Å². The van der Waals surface area contributed by atoms with E-state index in [0.29, 0.717) is 51.1 Å². The van der Waals surface area contributed by atoms with E-state index in [1.165, 1.54) is 23.3 Å². The molecule has 10 nitrogen and oxygen atoms in total. The molecule has 1 aromatic carbocycles. The normalized spacial score (nSPS) is 26.2. The molecule has 0 bridgehead atoms.